The van der Waals surface area contributed by atoms with Crippen LogP contribution in [0, 0.1) is 5.92 Å². The molecule has 1 N–H and O–H groups in total. The van der Waals surface area contributed by atoms with Crippen molar-refractivity contribution in [1.82, 2.24) is 5.32 Å². The van der Waals surface area contributed by atoms with Gasteiger partial charge in [-0.15, -0.1) is 0 Å². The van der Waals surface area contributed by atoms with Crippen LogP contribution in [0.5, 0.6) is 0 Å². The first-order valence-corrected chi connectivity index (χ1v) is 6.58. The number of carbonyl (C=O) groups is 1. The minimum Gasteiger partial charge on any atom is -0.380 e. The zero-order valence-electron chi connectivity index (χ0n) is 10.2. The molecule has 1 heterocycles. The third kappa shape index (κ3) is 3.05. The zero-order valence-corrected chi connectivity index (χ0v) is 10.2. The van der Waals surface area contributed by atoms with E-state index in [1.165, 1.54) is 32.1 Å². The average molecular weight is 225 g/mol. The van der Waals surface area contributed by atoms with E-state index < -0.39 is 0 Å². The van der Waals surface area contributed by atoms with Gasteiger partial charge in [0.1, 0.15) is 5.78 Å². The third-order valence-electron chi connectivity index (χ3n) is 4.03. The molecule has 2 aliphatic rings. The van der Waals surface area contributed by atoms with Gasteiger partial charge in [-0.1, -0.05) is 32.1 Å². The maximum atomic E-state index is 12.1. The van der Waals surface area contributed by atoms with Crippen LogP contribution in [0.15, 0.2) is 0 Å². The Balaban J connectivity index is 1.75. The first-order valence-electron chi connectivity index (χ1n) is 6.58. The van der Waals surface area contributed by atoms with E-state index in [4.69, 9.17) is 4.74 Å². The average Bonchev–Trinajstić information content (AvgIpc) is 2.79. The van der Waals surface area contributed by atoms with Crippen LogP contribution >= 0.6 is 0 Å². The number of Topliss-reactive ketones (excluding diaryl/α,β-unsaturated/α-hetero) is 1. The van der Waals surface area contributed by atoms with Crippen molar-refractivity contribution >= 4 is 5.78 Å². The predicted octanol–water partition coefficient (Wildman–Crippen LogP) is 1.90. The summed E-state index contributed by atoms with van der Waals surface area (Å²) in [5.41, 5.74) is 0. The largest absolute Gasteiger partial charge is 0.380 e. The predicted molar refractivity (Wildman–Crippen MR) is 63.4 cm³/mol. The first kappa shape index (κ1) is 12.1. The maximum Gasteiger partial charge on any atom is 0.150 e. The van der Waals surface area contributed by atoms with E-state index in [2.05, 4.69) is 5.32 Å². The highest BCUT2D eigenvalue weighted by Crippen LogP contribution is 2.27. The Morgan fingerprint density at radius 2 is 2.06 bits per heavy atom. The fraction of sp³-hybridized carbons (Fsp3) is 0.923. The molecule has 2 rings (SSSR count). The lowest BCUT2D eigenvalue weighted by Crippen LogP contribution is -2.32. The summed E-state index contributed by atoms with van der Waals surface area (Å²) in [4.78, 5) is 12.1. The third-order valence-corrected chi connectivity index (χ3v) is 4.03. The number of rotatable bonds is 4. The van der Waals surface area contributed by atoms with E-state index in [-0.39, 0.29) is 12.1 Å². The lowest BCUT2D eigenvalue weighted by atomic mass is 9.84. The summed E-state index contributed by atoms with van der Waals surface area (Å²) in [6, 6.07) is 0.0619. The molecule has 0 radical (unpaired) electrons. The molecule has 3 nitrogen and oxygen atoms in total. The molecule has 92 valence electrons. The summed E-state index contributed by atoms with van der Waals surface area (Å²) < 4.78 is 5.27. The second-order valence-electron chi connectivity index (χ2n) is 5.23. The minimum atomic E-state index is 0.0619. The second kappa shape index (κ2) is 5.78. The van der Waals surface area contributed by atoms with Crippen LogP contribution < -0.4 is 5.32 Å². The normalized spacial score (nSPS) is 31.8. The van der Waals surface area contributed by atoms with Crippen LogP contribution in [0.4, 0.5) is 0 Å². The summed E-state index contributed by atoms with van der Waals surface area (Å²) in [6.45, 7) is 0.831. The van der Waals surface area contributed by atoms with Crippen molar-refractivity contribution < 1.29 is 9.53 Å². The zero-order chi connectivity index (χ0) is 11.4. The molecule has 0 aromatic carbocycles. The molecule has 0 aromatic rings. The van der Waals surface area contributed by atoms with Crippen molar-refractivity contribution in [3.63, 3.8) is 0 Å². The van der Waals surface area contributed by atoms with Crippen molar-refractivity contribution in [2.45, 2.75) is 57.1 Å². The van der Waals surface area contributed by atoms with Gasteiger partial charge in [-0.25, -0.2) is 0 Å². The van der Waals surface area contributed by atoms with E-state index in [1.54, 1.807) is 7.11 Å². The SMILES string of the molecule is COC1CNC(C(=O)CC2CCCCC2)C1. The van der Waals surface area contributed by atoms with Crippen molar-refractivity contribution in [3.8, 4) is 0 Å². The molecule has 2 unspecified atom stereocenters. The van der Waals surface area contributed by atoms with Crippen molar-refractivity contribution in [2.24, 2.45) is 5.92 Å². The quantitative estimate of drug-likeness (QED) is 0.794. The van der Waals surface area contributed by atoms with Gasteiger partial charge in [0, 0.05) is 20.1 Å². The lowest BCUT2D eigenvalue weighted by Gasteiger charge is -2.22. The Bertz CT molecular complexity index is 236. The van der Waals surface area contributed by atoms with E-state index in [0.717, 1.165) is 19.4 Å². The highest BCUT2D eigenvalue weighted by Gasteiger charge is 2.30. The van der Waals surface area contributed by atoms with E-state index >= 15 is 0 Å². The van der Waals surface area contributed by atoms with E-state index in [0.29, 0.717) is 11.7 Å². The number of carbonyl (C=O) groups excluding carboxylic acids is 1. The van der Waals surface area contributed by atoms with Gasteiger partial charge in [-0.2, -0.15) is 0 Å². The number of hydrogen-bond donors (Lipinski definition) is 1. The van der Waals surface area contributed by atoms with Crippen molar-refractivity contribution in [3.05, 3.63) is 0 Å². The van der Waals surface area contributed by atoms with Crippen LogP contribution in [-0.4, -0.2) is 31.6 Å². The smallest absolute Gasteiger partial charge is 0.150 e. The monoisotopic (exact) mass is 225 g/mol. The number of methoxy groups -OCH3 is 1. The number of ketones is 1. The first-order chi connectivity index (χ1) is 7.79. The molecule has 1 saturated heterocycles. The molecule has 2 fully saturated rings. The highest BCUT2D eigenvalue weighted by molar-refractivity contribution is 5.84. The molecule has 1 aliphatic heterocycles. The molecule has 0 aromatic heterocycles. The Hall–Kier alpha value is -0.410. The van der Waals surface area contributed by atoms with Crippen molar-refractivity contribution in [2.75, 3.05) is 13.7 Å². The molecular formula is C13H23NO2. The summed E-state index contributed by atoms with van der Waals surface area (Å²) in [7, 11) is 1.72. The molecule has 3 heteroatoms. The van der Waals surface area contributed by atoms with Crippen LogP contribution in [0.25, 0.3) is 0 Å². The fourth-order valence-electron chi connectivity index (χ4n) is 2.95. The summed E-state index contributed by atoms with van der Waals surface area (Å²) in [6.07, 6.45) is 8.39. The maximum absolute atomic E-state index is 12.1. The second-order valence-corrected chi connectivity index (χ2v) is 5.23. The van der Waals surface area contributed by atoms with Gasteiger partial charge in [0.15, 0.2) is 0 Å². The minimum absolute atomic E-state index is 0.0619. The van der Waals surface area contributed by atoms with Crippen LogP contribution in [-0.2, 0) is 9.53 Å². The summed E-state index contributed by atoms with van der Waals surface area (Å²) in [5.74, 6) is 1.07. The van der Waals surface area contributed by atoms with Gasteiger partial charge in [0.2, 0.25) is 0 Å². The number of nitrogens with one attached hydrogen (secondary N) is 1. The van der Waals surface area contributed by atoms with Gasteiger partial charge < -0.3 is 10.1 Å². The topological polar surface area (TPSA) is 38.3 Å². The van der Waals surface area contributed by atoms with Gasteiger partial charge in [-0.05, 0) is 12.3 Å². The lowest BCUT2D eigenvalue weighted by molar-refractivity contribution is -0.122. The molecule has 2 atom stereocenters. The standard InChI is InChI=1S/C13H23NO2/c1-16-11-8-12(14-9-11)13(15)7-10-5-3-2-4-6-10/h10-12,14H,2-9H2,1H3. The van der Waals surface area contributed by atoms with Gasteiger partial charge >= 0.3 is 0 Å². The molecule has 0 spiro atoms. The number of hydrogen-bond acceptors (Lipinski definition) is 3. The van der Waals surface area contributed by atoms with Crippen LogP contribution in [0.1, 0.15) is 44.9 Å². The van der Waals surface area contributed by atoms with E-state index in [9.17, 15) is 4.79 Å². The van der Waals surface area contributed by atoms with Crippen molar-refractivity contribution in [1.29, 1.82) is 0 Å². The molecular weight excluding hydrogens is 202 g/mol. The highest BCUT2D eigenvalue weighted by atomic mass is 16.5. The summed E-state index contributed by atoms with van der Waals surface area (Å²) in [5, 5.41) is 3.27. The molecule has 0 bridgehead atoms. The fourth-order valence-corrected chi connectivity index (χ4v) is 2.95. The van der Waals surface area contributed by atoms with Crippen LogP contribution in [0.3, 0.4) is 0 Å². The molecule has 1 saturated carbocycles. The van der Waals surface area contributed by atoms with E-state index in [1.807, 2.05) is 0 Å². The Labute approximate surface area is 97.9 Å². The molecule has 1 aliphatic carbocycles. The summed E-state index contributed by atoms with van der Waals surface area (Å²) >= 11 is 0. The molecule has 16 heavy (non-hydrogen) atoms. The Morgan fingerprint density at radius 3 is 2.69 bits per heavy atom. The number of ether oxygens (including phenoxy) is 1. The van der Waals surface area contributed by atoms with Gasteiger partial charge in [0.05, 0.1) is 12.1 Å². The molecule has 0 amide bonds. The Morgan fingerprint density at radius 1 is 1.31 bits per heavy atom. The Kier molecular flexibility index (Phi) is 4.36. The van der Waals surface area contributed by atoms with Gasteiger partial charge in [0.25, 0.3) is 0 Å². The van der Waals surface area contributed by atoms with Gasteiger partial charge in [-0.3, -0.25) is 4.79 Å². The van der Waals surface area contributed by atoms with Crippen LogP contribution in [0.2, 0.25) is 0 Å².